The third kappa shape index (κ3) is 2.86. The smallest absolute Gasteiger partial charge is 0.151 e. The second kappa shape index (κ2) is 6.59. The lowest BCUT2D eigenvalue weighted by Gasteiger charge is -2.19. The molecule has 1 heterocycles. The Kier molecular flexibility index (Phi) is 4.15. The summed E-state index contributed by atoms with van der Waals surface area (Å²) in [6.07, 6.45) is 0. The molecular weight excluding hydrogens is 318 g/mol. The zero-order valence-corrected chi connectivity index (χ0v) is 14.1. The van der Waals surface area contributed by atoms with Gasteiger partial charge in [-0.25, -0.2) is 4.72 Å². The van der Waals surface area contributed by atoms with Crippen LogP contribution in [0, 0.1) is 0 Å². The number of fused-ring (bicyclic) bond motifs is 1. The van der Waals surface area contributed by atoms with E-state index in [2.05, 4.69) is 53.3 Å². The molecule has 0 radical (unpaired) electrons. The highest BCUT2D eigenvalue weighted by Crippen LogP contribution is 2.38. The van der Waals surface area contributed by atoms with Gasteiger partial charge < -0.3 is 8.92 Å². The van der Waals surface area contributed by atoms with Gasteiger partial charge in [-0.05, 0) is 28.8 Å². The average Bonchev–Trinajstić information content (AvgIpc) is 2.68. The summed E-state index contributed by atoms with van der Waals surface area (Å²) in [5.74, 6) is 1.82. The maximum absolute atomic E-state index is 5.74. The molecule has 3 aromatic carbocycles. The molecule has 1 aliphatic rings. The van der Waals surface area contributed by atoms with Crippen LogP contribution in [-0.4, -0.2) is 7.11 Å². The molecule has 4 heteroatoms. The van der Waals surface area contributed by atoms with Crippen LogP contribution in [-0.2, 0) is 6.54 Å². The van der Waals surface area contributed by atoms with Crippen molar-refractivity contribution in [3.63, 3.8) is 0 Å². The van der Waals surface area contributed by atoms with Gasteiger partial charge >= 0.3 is 0 Å². The number of hydrogen-bond donors (Lipinski definition) is 1. The Morgan fingerprint density at radius 3 is 2.54 bits per heavy atom. The van der Waals surface area contributed by atoms with Crippen molar-refractivity contribution in [3.05, 3.63) is 72.3 Å². The second-order valence-electron chi connectivity index (χ2n) is 5.59. The van der Waals surface area contributed by atoms with Gasteiger partial charge in [0.15, 0.2) is 5.75 Å². The van der Waals surface area contributed by atoms with E-state index in [0.29, 0.717) is 0 Å². The van der Waals surface area contributed by atoms with E-state index < -0.39 is 0 Å². The SMILES string of the molecule is COc1cccc(-c2ccc(-c3cccc4c3OSNC4)cc2)c1. The zero-order chi connectivity index (χ0) is 16.4. The van der Waals surface area contributed by atoms with Crippen LogP contribution in [0.3, 0.4) is 0 Å². The lowest BCUT2D eigenvalue weighted by atomic mass is 9.98. The fourth-order valence-corrected chi connectivity index (χ4v) is 3.43. The zero-order valence-electron chi connectivity index (χ0n) is 13.3. The van der Waals surface area contributed by atoms with Crippen LogP contribution in [0.2, 0.25) is 0 Å². The molecule has 0 unspecified atom stereocenters. The van der Waals surface area contributed by atoms with Crippen molar-refractivity contribution in [3.8, 4) is 33.8 Å². The van der Waals surface area contributed by atoms with E-state index in [1.165, 1.54) is 23.4 Å². The number of hydrogen-bond acceptors (Lipinski definition) is 4. The van der Waals surface area contributed by atoms with E-state index in [0.717, 1.165) is 34.7 Å². The van der Waals surface area contributed by atoms with Crippen molar-refractivity contribution in [1.29, 1.82) is 0 Å². The normalized spacial score (nSPS) is 13.0. The summed E-state index contributed by atoms with van der Waals surface area (Å²) < 4.78 is 14.2. The predicted octanol–water partition coefficient (Wildman–Crippen LogP) is 5.07. The predicted molar refractivity (Wildman–Crippen MR) is 98.9 cm³/mol. The van der Waals surface area contributed by atoms with Gasteiger partial charge in [0.1, 0.15) is 18.0 Å². The van der Waals surface area contributed by atoms with E-state index in [1.54, 1.807) is 7.11 Å². The molecule has 0 amide bonds. The van der Waals surface area contributed by atoms with Crippen molar-refractivity contribution in [2.75, 3.05) is 7.11 Å². The Morgan fingerprint density at radius 2 is 1.71 bits per heavy atom. The molecule has 0 aliphatic carbocycles. The molecule has 0 saturated heterocycles. The Hall–Kier alpha value is -2.43. The van der Waals surface area contributed by atoms with Gasteiger partial charge in [-0.15, -0.1) is 0 Å². The highest BCUT2D eigenvalue weighted by molar-refractivity contribution is 7.93. The van der Waals surface area contributed by atoms with Crippen molar-refractivity contribution in [2.24, 2.45) is 0 Å². The maximum Gasteiger partial charge on any atom is 0.151 e. The first kappa shape index (κ1) is 15.1. The first-order chi connectivity index (χ1) is 11.8. The average molecular weight is 335 g/mol. The van der Waals surface area contributed by atoms with E-state index in [9.17, 15) is 0 Å². The van der Waals surface area contributed by atoms with Gasteiger partial charge in [0, 0.05) is 17.7 Å². The fraction of sp³-hybridized carbons (Fsp3) is 0.100. The quantitative estimate of drug-likeness (QED) is 0.534. The van der Waals surface area contributed by atoms with Crippen molar-refractivity contribution < 1.29 is 8.92 Å². The largest absolute Gasteiger partial charge is 0.497 e. The summed E-state index contributed by atoms with van der Waals surface area (Å²) in [6, 6.07) is 22.9. The Bertz CT molecular complexity index is 862. The number of methoxy groups -OCH3 is 1. The third-order valence-electron chi connectivity index (χ3n) is 4.14. The van der Waals surface area contributed by atoms with Crippen LogP contribution < -0.4 is 13.6 Å². The van der Waals surface area contributed by atoms with Gasteiger partial charge in [-0.3, -0.25) is 0 Å². The summed E-state index contributed by atoms with van der Waals surface area (Å²) in [6.45, 7) is 0.815. The topological polar surface area (TPSA) is 30.5 Å². The van der Waals surface area contributed by atoms with Gasteiger partial charge in [-0.2, -0.15) is 0 Å². The van der Waals surface area contributed by atoms with Crippen LogP contribution in [0.4, 0.5) is 0 Å². The molecule has 120 valence electrons. The molecule has 0 spiro atoms. The van der Waals surface area contributed by atoms with E-state index in [4.69, 9.17) is 8.92 Å². The van der Waals surface area contributed by atoms with Crippen LogP contribution in [0.25, 0.3) is 22.3 Å². The number of nitrogens with one attached hydrogen (secondary N) is 1. The van der Waals surface area contributed by atoms with E-state index in [1.807, 2.05) is 18.2 Å². The summed E-state index contributed by atoms with van der Waals surface area (Å²) in [5, 5.41) is 0. The van der Waals surface area contributed by atoms with Crippen molar-refractivity contribution >= 4 is 12.2 Å². The van der Waals surface area contributed by atoms with Gasteiger partial charge in [0.25, 0.3) is 0 Å². The monoisotopic (exact) mass is 335 g/mol. The summed E-state index contributed by atoms with van der Waals surface area (Å²) >= 11 is 1.29. The standard InChI is InChI=1S/C20H17NO2S/c1-22-18-6-2-4-16(12-18)14-8-10-15(11-9-14)19-7-3-5-17-13-21-24-23-20(17)19/h2-12,21H,13H2,1H3. The molecule has 4 rings (SSSR count). The van der Waals surface area contributed by atoms with E-state index >= 15 is 0 Å². The molecule has 0 bridgehead atoms. The van der Waals surface area contributed by atoms with Crippen LogP contribution >= 0.6 is 12.2 Å². The maximum atomic E-state index is 5.74. The first-order valence-corrected chi connectivity index (χ1v) is 8.52. The molecule has 1 aliphatic heterocycles. The first-order valence-electron chi connectivity index (χ1n) is 7.78. The molecule has 0 aromatic heterocycles. The number of benzene rings is 3. The van der Waals surface area contributed by atoms with Gasteiger partial charge in [0.05, 0.1) is 7.11 Å². The minimum absolute atomic E-state index is 0.815. The molecule has 0 saturated carbocycles. The van der Waals surface area contributed by atoms with Crippen molar-refractivity contribution in [2.45, 2.75) is 6.54 Å². The highest BCUT2D eigenvalue weighted by atomic mass is 32.2. The van der Waals surface area contributed by atoms with Gasteiger partial charge in [-0.1, -0.05) is 54.6 Å². The number of rotatable bonds is 3. The summed E-state index contributed by atoms with van der Waals surface area (Å²) in [4.78, 5) is 0. The van der Waals surface area contributed by atoms with Crippen LogP contribution in [0.5, 0.6) is 11.5 Å². The minimum atomic E-state index is 0.815. The Morgan fingerprint density at radius 1 is 0.917 bits per heavy atom. The Balaban J connectivity index is 1.69. The van der Waals surface area contributed by atoms with Crippen LogP contribution in [0.15, 0.2) is 66.7 Å². The molecular formula is C20H17NO2S. The molecule has 24 heavy (non-hydrogen) atoms. The highest BCUT2D eigenvalue weighted by Gasteiger charge is 2.16. The Labute approximate surface area is 146 Å². The van der Waals surface area contributed by atoms with E-state index in [-0.39, 0.29) is 0 Å². The summed E-state index contributed by atoms with van der Waals surface area (Å²) in [7, 11) is 1.69. The minimum Gasteiger partial charge on any atom is -0.497 e. The van der Waals surface area contributed by atoms with Crippen molar-refractivity contribution in [1.82, 2.24) is 4.72 Å². The van der Waals surface area contributed by atoms with Gasteiger partial charge in [0.2, 0.25) is 0 Å². The number of ether oxygens (including phenoxy) is 1. The number of para-hydroxylation sites is 1. The van der Waals surface area contributed by atoms with Crippen LogP contribution in [0.1, 0.15) is 5.56 Å². The second-order valence-corrected chi connectivity index (χ2v) is 6.21. The molecule has 0 fully saturated rings. The fourth-order valence-electron chi connectivity index (χ4n) is 2.87. The molecule has 0 atom stereocenters. The molecule has 3 aromatic rings. The lowest BCUT2D eigenvalue weighted by molar-refractivity contribution is 0.415. The lowest BCUT2D eigenvalue weighted by Crippen LogP contribution is -2.12. The molecule has 3 nitrogen and oxygen atoms in total. The molecule has 1 N–H and O–H groups in total. The summed E-state index contributed by atoms with van der Waals surface area (Å²) in [5.41, 5.74) is 5.77. The third-order valence-corrected chi connectivity index (χ3v) is 4.65.